The number of carbonyl (C=O) groups is 1. The topological polar surface area (TPSA) is 84.9 Å². The average Bonchev–Trinajstić information content (AvgIpc) is 2.79. The Balaban J connectivity index is 1.59. The maximum absolute atomic E-state index is 13.0. The fraction of sp³-hybridized carbons (Fsp3) is 0.435. The van der Waals surface area contributed by atoms with E-state index in [4.69, 9.17) is 9.47 Å². The maximum atomic E-state index is 13.0. The molecule has 1 amide bonds. The predicted molar refractivity (Wildman–Crippen MR) is 119 cm³/mol. The molecule has 0 bridgehead atoms. The molecule has 8 heteroatoms. The molecule has 0 aromatic heterocycles. The number of benzene rings is 2. The first-order valence-corrected chi connectivity index (χ1v) is 11.8. The van der Waals surface area contributed by atoms with E-state index < -0.39 is 10.0 Å². The summed E-state index contributed by atoms with van der Waals surface area (Å²) in [5.41, 5.74) is 1.76. The van der Waals surface area contributed by atoms with Gasteiger partial charge in [0.05, 0.1) is 25.2 Å². The van der Waals surface area contributed by atoms with Gasteiger partial charge in [-0.05, 0) is 68.1 Å². The monoisotopic (exact) mass is 446 g/mol. The number of hydrogen-bond donors (Lipinski definition) is 1. The lowest BCUT2D eigenvalue weighted by Crippen LogP contribution is -2.43. The van der Waals surface area contributed by atoms with Gasteiger partial charge in [-0.2, -0.15) is 4.31 Å². The molecule has 2 aromatic rings. The minimum Gasteiger partial charge on any atom is -0.497 e. The molecular formula is C23H30N2O5S. The molecule has 1 atom stereocenters. The molecule has 1 N–H and O–H groups in total. The lowest BCUT2D eigenvalue weighted by molar-refractivity contribution is -0.126. The van der Waals surface area contributed by atoms with Crippen LogP contribution in [0.25, 0.3) is 0 Å². The summed E-state index contributed by atoms with van der Waals surface area (Å²) in [5.74, 6) is 1.17. The zero-order chi connectivity index (χ0) is 22.6. The van der Waals surface area contributed by atoms with Crippen LogP contribution in [0.2, 0.25) is 0 Å². The van der Waals surface area contributed by atoms with Crippen molar-refractivity contribution in [2.75, 3.05) is 27.3 Å². The first-order chi connectivity index (χ1) is 14.8. The van der Waals surface area contributed by atoms with Crippen molar-refractivity contribution >= 4 is 15.9 Å². The Hall–Kier alpha value is -2.58. The molecular weight excluding hydrogens is 416 g/mol. The summed E-state index contributed by atoms with van der Waals surface area (Å²) < 4.78 is 37.9. The minimum atomic E-state index is -3.60. The second-order valence-electron chi connectivity index (χ2n) is 7.81. The van der Waals surface area contributed by atoms with Crippen LogP contribution in [0.3, 0.4) is 0 Å². The van der Waals surface area contributed by atoms with Crippen molar-refractivity contribution in [1.29, 1.82) is 0 Å². The molecule has 168 valence electrons. The van der Waals surface area contributed by atoms with Crippen LogP contribution >= 0.6 is 0 Å². The van der Waals surface area contributed by atoms with Crippen LogP contribution in [0.5, 0.6) is 11.5 Å². The van der Waals surface area contributed by atoms with Gasteiger partial charge in [0.1, 0.15) is 11.5 Å². The number of piperidine rings is 1. The van der Waals surface area contributed by atoms with E-state index >= 15 is 0 Å². The van der Waals surface area contributed by atoms with E-state index in [0.717, 1.165) is 16.9 Å². The van der Waals surface area contributed by atoms with Gasteiger partial charge in [-0.3, -0.25) is 4.79 Å². The lowest BCUT2D eigenvalue weighted by atomic mass is 9.96. The van der Waals surface area contributed by atoms with Crippen molar-refractivity contribution in [2.24, 2.45) is 5.92 Å². The first-order valence-electron chi connectivity index (χ1n) is 10.4. The Kier molecular flexibility index (Phi) is 7.23. The van der Waals surface area contributed by atoms with Crippen molar-refractivity contribution in [3.63, 3.8) is 0 Å². The molecule has 3 rings (SSSR count). The second kappa shape index (κ2) is 9.70. The quantitative estimate of drug-likeness (QED) is 0.706. The number of methoxy groups -OCH3 is 2. The molecule has 1 saturated heterocycles. The Morgan fingerprint density at radius 2 is 1.71 bits per heavy atom. The van der Waals surface area contributed by atoms with Crippen molar-refractivity contribution in [2.45, 2.75) is 37.6 Å². The van der Waals surface area contributed by atoms with Gasteiger partial charge in [-0.15, -0.1) is 0 Å². The summed E-state index contributed by atoms with van der Waals surface area (Å²) in [7, 11) is -0.426. The van der Waals surface area contributed by atoms with Gasteiger partial charge in [0.25, 0.3) is 0 Å². The normalized spacial score (nSPS) is 16.5. The third-order valence-corrected chi connectivity index (χ3v) is 7.70. The molecule has 31 heavy (non-hydrogen) atoms. The molecule has 0 radical (unpaired) electrons. The zero-order valence-electron chi connectivity index (χ0n) is 18.4. The Bertz CT molecular complexity index is 1010. The van der Waals surface area contributed by atoms with Gasteiger partial charge in [-0.1, -0.05) is 12.1 Å². The molecule has 0 saturated carbocycles. The molecule has 1 aliphatic rings. The number of nitrogens with zero attached hydrogens (tertiary/aromatic N) is 1. The van der Waals surface area contributed by atoms with Gasteiger partial charge in [0.2, 0.25) is 15.9 Å². The van der Waals surface area contributed by atoms with Gasteiger partial charge in [0, 0.05) is 19.0 Å². The number of hydrogen-bond acceptors (Lipinski definition) is 5. The summed E-state index contributed by atoms with van der Waals surface area (Å²) >= 11 is 0. The highest BCUT2D eigenvalue weighted by atomic mass is 32.2. The number of sulfonamides is 1. The number of aryl methyl sites for hydroxylation is 1. The summed E-state index contributed by atoms with van der Waals surface area (Å²) in [6.45, 7) is 4.40. The minimum absolute atomic E-state index is 0.0411. The van der Waals surface area contributed by atoms with Crippen LogP contribution in [0, 0.1) is 12.8 Å². The highest BCUT2D eigenvalue weighted by molar-refractivity contribution is 7.89. The summed E-state index contributed by atoms with van der Waals surface area (Å²) in [5, 5.41) is 3.05. The number of rotatable bonds is 7. The van der Waals surface area contributed by atoms with E-state index in [0.29, 0.717) is 31.7 Å². The van der Waals surface area contributed by atoms with Crippen molar-refractivity contribution in [1.82, 2.24) is 9.62 Å². The Labute approximate surface area is 184 Å². The summed E-state index contributed by atoms with van der Waals surface area (Å²) in [4.78, 5) is 13.0. The van der Waals surface area contributed by atoms with Crippen LogP contribution in [0.15, 0.2) is 47.4 Å². The third-order valence-electron chi connectivity index (χ3n) is 5.80. The molecule has 1 fully saturated rings. The van der Waals surface area contributed by atoms with Crippen LogP contribution in [0.4, 0.5) is 0 Å². The summed E-state index contributed by atoms with van der Waals surface area (Å²) in [6, 6.07) is 12.3. The number of ether oxygens (including phenoxy) is 2. The Morgan fingerprint density at radius 1 is 1.06 bits per heavy atom. The van der Waals surface area contributed by atoms with Crippen LogP contribution < -0.4 is 14.8 Å². The summed E-state index contributed by atoms with van der Waals surface area (Å²) in [6.07, 6.45) is 0.991. The molecule has 0 aliphatic carbocycles. The third kappa shape index (κ3) is 5.19. The SMILES string of the molecule is COc1ccc([C@H](C)NC(=O)C2CCN(S(=O)(=O)c3ccc(OC)c(C)c3)CC2)cc1. The predicted octanol–water partition coefficient (Wildman–Crippen LogP) is 3.29. The fourth-order valence-electron chi connectivity index (χ4n) is 3.83. The Morgan fingerprint density at radius 3 is 2.26 bits per heavy atom. The smallest absolute Gasteiger partial charge is 0.243 e. The van der Waals surface area contributed by atoms with Crippen LogP contribution in [0.1, 0.15) is 36.9 Å². The standard InChI is InChI=1S/C23H30N2O5S/c1-16-15-21(9-10-22(16)30-4)31(27,28)25-13-11-19(12-14-25)23(26)24-17(2)18-5-7-20(29-3)8-6-18/h5-10,15,17,19H,11-14H2,1-4H3,(H,24,26)/t17-/m0/s1. The van der Waals surface area contributed by atoms with E-state index in [1.54, 1.807) is 32.4 Å². The van der Waals surface area contributed by atoms with E-state index in [9.17, 15) is 13.2 Å². The van der Waals surface area contributed by atoms with Gasteiger partial charge < -0.3 is 14.8 Å². The highest BCUT2D eigenvalue weighted by Crippen LogP contribution is 2.28. The molecule has 7 nitrogen and oxygen atoms in total. The van der Waals surface area contributed by atoms with Crippen molar-refractivity contribution < 1.29 is 22.7 Å². The van der Waals surface area contributed by atoms with Gasteiger partial charge >= 0.3 is 0 Å². The lowest BCUT2D eigenvalue weighted by Gasteiger charge is -2.31. The van der Waals surface area contributed by atoms with E-state index in [1.165, 1.54) is 4.31 Å². The van der Waals surface area contributed by atoms with Crippen LogP contribution in [-0.2, 0) is 14.8 Å². The van der Waals surface area contributed by atoms with Crippen molar-refractivity contribution in [3.05, 3.63) is 53.6 Å². The molecule has 0 unspecified atom stereocenters. The fourth-order valence-corrected chi connectivity index (χ4v) is 5.38. The number of amides is 1. The highest BCUT2D eigenvalue weighted by Gasteiger charge is 2.32. The van der Waals surface area contributed by atoms with Gasteiger partial charge in [-0.25, -0.2) is 8.42 Å². The molecule has 2 aromatic carbocycles. The van der Waals surface area contributed by atoms with E-state index in [-0.39, 0.29) is 22.8 Å². The van der Waals surface area contributed by atoms with Crippen molar-refractivity contribution in [3.8, 4) is 11.5 Å². The molecule has 0 spiro atoms. The zero-order valence-corrected chi connectivity index (χ0v) is 19.2. The second-order valence-corrected chi connectivity index (χ2v) is 9.75. The van der Waals surface area contributed by atoms with Crippen LogP contribution in [-0.4, -0.2) is 45.9 Å². The van der Waals surface area contributed by atoms with E-state index in [2.05, 4.69) is 5.32 Å². The van der Waals surface area contributed by atoms with Gasteiger partial charge in [0.15, 0.2) is 0 Å². The van der Waals surface area contributed by atoms with E-state index in [1.807, 2.05) is 38.1 Å². The number of carbonyl (C=O) groups excluding carboxylic acids is 1. The average molecular weight is 447 g/mol. The largest absolute Gasteiger partial charge is 0.497 e. The first kappa shape index (κ1) is 23.1. The molecule has 1 heterocycles. The molecule has 1 aliphatic heterocycles. The number of nitrogens with one attached hydrogen (secondary N) is 1. The maximum Gasteiger partial charge on any atom is 0.243 e.